The van der Waals surface area contributed by atoms with Crippen molar-refractivity contribution in [3.8, 4) is 5.75 Å². The second kappa shape index (κ2) is 9.26. The molecule has 3 rings (SSSR count). The number of ether oxygens (including phenoxy) is 1. The van der Waals surface area contributed by atoms with Crippen LogP contribution in [-0.2, 0) is 4.79 Å². The molecule has 148 valence electrons. The number of carbonyl (C=O) groups is 2. The van der Waals surface area contributed by atoms with Gasteiger partial charge < -0.3 is 19.4 Å². The van der Waals surface area contributed by atoms with E-state index >= 15 is 0 Å². The van der Waals surface area contributed by atoms with Gasteiger partial charge in [0.25, 0.3) is 5.91 Å². The smallest absolute Gasteiger partial charge is 0.254 e. The second-order valence-electron chi connectivity index (χ2n) is 7.03. The highest BCUT2D eigenvalue weighted by Crippen LogP contribution is 2.16. The van der Waals surface area contributed by atoms with Crippen molar-refractivity contribution < 1.29 is 14.3 Å². The lowest BCUT2D eigenvalue weighted by Crippen LogP contribution is -2.50. The molecule has 0 atom stereocenters. The maximum absolute atomic E-state index is 12.8. The Morgan fingerprint density at radius 1 is 0.929 bits per heavy atom. The van der Waals surface area contributed by atoms with Gasteiger partial charge in [0.1, 0.15) is 5.75 Å². The fourth-order valence-corrected chi connectivity index (χ4v) is 3.19. The molecular formula is C22H27N3O3. The third kappa shape index (κ3) is 5.03. The zero-order valence-corrected chi connectivity index (χ0v) is 16.5. The molecule has 0 unspecified atom stereocenters. The first-order valence-corrected chi connectivity index (χ1v) is 9.57. The topological polar surface area (TPSA) is 53.1 Å². The molecular weight excluding hydrogens is 354 g/mol. The summed E-state index contributed by atoms with van der Waals surface area (Å²) in [6.07, 6.45) is 0.341. The standard InChI is InChI=1S/C22H27N3O3/c1-23(2)19-8-6-7-18(17-19)22(27)25-14-12-24(13-15-25)21(26)11-16-28-20-9-4-3-5-10-20/h3-10,17H,11-16H2,1-2H3. The molecule has 2 aromatic rings. The number of para-hydroxylation sites is 1. The molecule has 1 aliphatic rings. The van der Waals surface area contributed by atoms with Crippen molar-refractivity contribution in [2.75, 3.05) is 51.8 Å². The van der Waals surface area contributed by atoms with Gasteiger partial charge in [-0.15, -0.1) is 0 Å². The molecule has 0 N–H and O–H groups in total. The Bertz CT molecular complexity index is 800. The molecule has 6 nitrogen and oxygen atoms in total. The van der Waals surface area contributed by atoms with E-state index in [1.165, 1.54) is 0 Å². The summed E-state index contributed by atoms with van der Waals surface area (Å²) >= 11 is 0. The largest absolute Gasteiger partial charge is 0.493 e. The van der Waals surface area contributed by atoms with Gasteiger partial charge in [-0.2, -0.15) is 0 Å². The molecule has 0 aliphatic carbocycles. The Morgan fingerprint density at radius 3 is 2.29 bits per heavy atom. The number of anilines is 1. The van der Waals surface area contributed by atoms with Crippen LogP contribution in [0.2, 0.25) is 0 Å². The van der Waals surface area contributed by atoms with Crippen LogP contribution in [0, 0.1) is 0 Å². The van der Waals surface area contributed by atoms with Crippen LogP contribution in [0.25, 0.3) is 0 Å². The predicted octanol–water partition coefficient (Wildman–Crippen LogP) is 2.51. The van der Waals surface area contributed by atoms with Crippen molar-refractivity contribution >= 4 is 17.5 Å². The van der Waals surface area contributed by atoms with E-state index in [0.29, 0.717) is 44.8 Å². The highest BCUT2D eigenvalue weighted by atomic mass is 16.5. The van der Waals surface area contributed by atoms with Crippen LogP contribution in [0.5, 0.6) is 5.75 Å². The average Bonchev–Trinajstić information content (AvgIpc) is 2.74. The highest BCUT2D eigenvalue weighted by molar-refractivity contribution is 5.95. The van der Waals surface area contributed by atoms with Crippen LogP contribution in [0.15, 0.2) is 54.6 Å². The molecule has 1 aliphatic heterocycles. The summed E-state index contributed by atoms with van der Waals surface area (Å²) < 4.78 is 5.60. The molecule has 0 bridgehead atoms. The molecule has 1 saturated heterocycles. The minimum atomic E-state index is 0.0169. The molecule has 2 aromatic carbocycles. The first-order valence-electron chi connectivity index (χ1n) is 9.57. The van der Waals surface area contributed by atoms with Crippen LogP contribution in [0.1, 0.15) is 16.8 Å². The number of rotatable bonds is 6. The van der Waals surface area contributed by atoms with Gasteiger partial charge in [0, 0.05) is 51.5 Å². The Hall–Kier alpha value is -3.02. The fourth-order valence-electron chi connectivity index (χ4n) is 3.19. The SMILES string of the molecule is CN(C)c1cccc(C(=O)N2CCN(C(=O)CCOc3ccccc3)CC2)c1. The van der Waals surface area contributed by atoms with Crippen LogP contribution in [0.3, 0.4) is 0 Å². The van der Waals surface area contributed by atoms with E-state index in [0.717, 1.165) is 11.4 Å². The third-order valence-corrected chi connectivity index (χ3v) is 4.86. The minimum absolute atomic E-state index is 0.0169. The summed E-state index contributed by atoms with van der Waals surface area (Å²) in [4.78, 5) is 30.8. The van der Waals surface area contributed by atoms with Crippen molar-refractivity contribution in [2.45, 2.75) is 6.42 Å². The van der Waals surface area contributed by atoms with Gasteiger partial charge in [-0.1, -0.05) is 24.3 Å². The summed E-state index contributed by atoms with van der Waals surface area (Å²) in [6.45, 7) is 2.58. The number of piperazine rings is 1. The van der Waals surface area contributed by atoms with Crippen LogP contribution >= 0.6 is 0 Å². The second-order valence-corrected chi connectivity index (χ2v) is 7.03. The number of hydrogen-bond acceptors (Lipinski definition) is 4. The molecule has 0 radical (unpaired) electrons. The molecule has 2 amide bonds. The van der Waals surface area contributed by atoms with Crippen LogP contribution < -0.4 is 9.64 Å². The molecule has 0 saturated carbocycles. The lowest BCUT2D eigenvalue weighted by atomic mass is 10.1. The van der Waals surface area contributed by atoms with Crippen molar-refractivity contribution in [1.82, 2.24) is 9.80 Å². The van der Waals surface area contributed by atoms with Gasteiger partial charge in [-0.05, 0) is 30.3 Å². The Balaban J connectivity index is 1.46. The Morgan fingerprint density at radius 2 is 1.61 bits per heavy atom. The molecule has 6 heteroatoms. The van der Waals surface area contributed by atoms with Gasteiger partial charge in [0.15, 0.2) is 0 Å². The molecule has 0 spiro atoms. The Labute approximate surface area is 166 Å². The first kappa shape index (κ1) is 19.7. The monoisotopic (exact) mass is 381 g/mol. The van der Waals surface area contributed by atoms with Gasteiger partial charge in [-0.25, -0.2) is 0 Å². The lowest BCUT2D eigenvalue weighted by molar-refractivity contribution is -0.133. The van der Waals surface area contributed by atoms with Crippen molar-refractivity contribution in [3.63, 3.8) is 0 Å². The average molecular weight is 381 g/mol. The van der Waals surface area contributed by atoms with Crippen molar-refractivity contribution in [3.05, 3.63) is 60.2 Å². The summed E-state index contributed by atoms with van der Waals surface area (Å²) in [5.74, 6) is 0.853. The van der Waals surface area contributed by atoms with Crippen LogP contribution in [-0.4, -0.2) is 68.5 Å². The predicted molar refractivity (Wildman–Crippen MR) is 110 cm³/mol. The number of nitrogens with zero attached hydrogens (tertiary/aromatic N) is 3. The quantitative estimate of drug-likeness (QED) is 0.772. The van der Waals surface area contributed by atoms with E-state index in [1.807, 2.05) is 83.4 Å². The maximum atomic E-state index is 12.8. The molecule has 28 heavy (non-hydrogen) atoms. The zero-order chi connectivity index (χ0) is 19.9. The number of amides is 2. The van der Waals surface area contributed by atoms with Gasteiger partial charge in [0.2, 0.25) is 5.91 Å². The highest BCUT2D eigenvalue weighted by Gasteiger charge is 2.24. The summed E-state index contributed by atoms with van der Waals surface area (Å²) in [7, 11) is 3.91. The number of hydrogen-bond donors (Lipinski definition) is 0. The van der Waals surface area contributed by atoms with Crippen molar-refractivity contribution in [1.29, 1.82) is 0 Å². The van der Waals surface area contributed by atoms with E-state index in [1.54, 1.807) is 0 Å². The fraction of sp³-hybridized carbons (Fsp3) is 0.364. The molecule has 1 heterocycles. The maximum Gasteiger partial charge on any atom is 0.254 e. The number of benzene rings is 2. The summed E-state index contributed by atoms with van der Waals surface area (Å²) in [6, 6.07) is 17.1. The van der Waals surface area contributed by atoms with E-state index in [2.05, 4.69) is 0 Å². The lowest BCUT2D eigenvalue weighted by Gasteiger charge is -2.35. The zero-order valence-electron chi connectivity index (χ0n) is 16.5. The van der Waals surface area contributed by atoms with Crippen LogP contribution in [0.4, 0.5) is 5.69 Å². The summed E-state index contributed by atoms with van der Waals surface area (Å²) in [5.41, 5.74) is 1.68. The van der Waals surface area contributed by atoms with Gasteiger partial charge >= 0.3 is 0 Å². The van der Waals surface area contributed by atoms with Gasteiger partial charge in [0.05, 0.1) is 13.0 Å². The van der Waals surface area contributed by atoms with Gasteiger partial charge in [-0.3, -0.25) is 9.59 Å². The molecule has 1 fully saturated rings. The third-order valence-electron chi connectivity index (χ3n) is 4.86. The van der Waals surface area contributed by atoms with Crippen molar-refractivity contribution in [2.24, 2.45) is 0 Å². The number of carbonyl (C=O) groups excluding carboxylic acids is 2. The normalized spacial score (nSPS) is 13.9. The van der Waals surface area contributed by atoms with E-state index in [-0.39, 0.29) is 11.8 Å². The van der Waals surface area contributed by atoms with E-state index in [4.69, 9.17) is 4.74 Å². The molecule has 0 aromatic heterocycles. The van der Waals surface area contributed by atoms with E-state index in [9.17, 15) is 9.59 Å². The Kier molecular flexibility index (Phi) is 6.53. The first-order chi connectivity index (χ1) is 13.5. The minimum Gasteiger partial charge on any atom is -0.493 e. The summed E-state index contributed by atoms with van der Waals surface area (Å²) in [5, 5.41) is 0. The van der Waals surface area contributed by atoms with E-state index < -0.39 is 0 Å².